The fourth-order valence-electron chi connectivity index (χ4n) is 1.81. The summed E-state index contributed by atoms with van der Waals surface area (Å²) in [6.07, 6.45) is 0. The summed E-state index contributed by atoms with van der Waals surface area (Å²) >= 11 is 10.3. The summed E-state index contributed by atoms with van der Waals surface area (Å²) in [5.74, 6) is 0.895. The van der Waals surface area contributed by atoms with E-state index in [4.69, 9.17) is 21.1 Å². The molecule has 0 aliphatic heterocycles. The Kier molecular flexibility index (Phi) is 5.41. The lowest BCUT2D eigenvalue weighted by molar-refractivity contribution is 0.260. The Morgan fingerprint density at radius 1 is 1.14 bits per heavy atom. The number of carbonyl (C=O) groups excluding carboxylic acids is 1. The summed E-state index contributed by atoms with van der Waals surface area (Å²) in [6, 6.07) is 11.7. The molecule has 0 saturated heterocycles. The van der Waals surface area contributed by atoms with Crippen LogP contribution in [0, 0.1) is 0 Å². The van der Waals surface area contributed by atoms with E-state index in [1.54, 1.807) is 24.3 Å². The van der Waals surface area contributed by atoms with Crippen molar-refractivity contribution < 1.29 is 14.3 Å². The Morgan fingerprint density at radius 3 is 2.36 bits per heavy atom. The van der Waals surface area contributed by atoms with Gasteiger partial charge in [-0.05, 0) is 18.2 Å². The summed E-state index contributed by atoms with van der Waals surface area (Å²) in [6.45, 7) is 0. The van der Waals surface area contributed by atoms with E-state index in [0.717, 1.165) is 0 Å². The molecule has 0 unspecified atom stereocenters. The van der Waals surface area contributed by atoms with Crippen molar-refractivity contribution in [2.45, 2.75) is 0 Å². The van der Waals surface area contributed by atoms with Gasteiger partial charge in [-0.2, -0.15) is 0 Å². The van der Waals surface area contributed by atoms with Gasteiger partial charge in [-0.25, -0.2) is 9.10 Å². The normalized spacial score (nSPS) is 10.0. The van der Waals surface area contributed by atoms with Crippen molar-refractivity contribution >= 4 is 41.8 Å². The first-order valence-corrected chi connectivity index (χ1v) is 7.11. The summed E-state index contributed by atoms with van der Waals surface area (Å²) in [7, 11) is 3.00. The van der Waals surface area contributed by atoms with Gasteiger partial charge >= 0.3 is 6.03 Å². The predicted molar refractivity (Wildman–Crippen MR) is 91.5 cm³/mol. The Hall–Kier alpha value is -2.05. The molecule has 7 heteroatoms. The number of para-hydroxylation sites is 1. The number of nitrogens with one attached hydrogen (secondary N) is 1. The number of hydrogen-bond donors (Lipinski definition) is 2. The molecule has 0 aliphatic rings. The number of thiol groups is 1. The van der Waals surface area contributed by atoms with Crippen LogP contribution in [0.2, 0.25) is 5.02 Å². The maximum absolute atomic E-state index is 12.3. The van der Waals surface area contributed by atoms with Crippen LogP contribution in [0.3, 0.4) is 0 Å². The molecule has 0 fully saturated rings. The zero-order chi connectivity index (χ0) is 16.1. The van der Waals surface area contributed by atoms with Gasteiger partial charge in [0.25, 0.3) is 0 Å². The van der Waals surface area contributed by atoms with Crippen molar-refractivity contribution in [3.05, 3.63) is 47.5 Å². The van der Waals surface area contributed by atoms with E-state index in [9.17, 15) is 4.79 Å². The Balaban J connectivity index is 2.23. The first-order chi connectivity index (χ1) is 10.6. The third-order valence-corrected chi connectivity index (χ3v) is 3.62. The van der Waals surface area contributed by atoms with Crippen LogP contribution in [0.15, 0.2) is 42.5 Å². The zero-order valence-electron chi connectivity index (χ0n) is 12.0. The fraction of sp³-hybridized carbons (Fsp3) is 0.133. The van der Waals surface area contributed by atoms with Gasteiger partial charge in [0.05, 0.1) is 30.6 Å². The third kappa shape index (κ3) is 3.58. The van der Waals surface area contributed by atoms with E-state index in [0.29, 0.717) is 27.9 Å². The van der Waals surface area contributed by atoms with Crippen molar-refractivity contribution in [3.63, 3.8) is 0 Å². The Labute approximate surface area is 139 Å². The number of nitrogens with zero attached hydrogens (tertiary/aromatic N) is 1. The molecule has 0 bridgehead atoms. The molecule has 116 valence electrons. The third-order valence-electron chi connectivity index (χ3n) is 2.91. The average Bonchev–Trinajstić information content (AvgIpc) is 2.55. The summed E-state index contributed by atoms with van der Waals surface area (Å²) in [4.78, 5) is 12.3. The van der Waals surface area contributed by atoms with E-state index < -0.39 is 6.03 Å². The number of anilines is 2. The number of ether oxygens (including phenoxy) is 2. The largest absolute Gasteiger partial charge is 0.495 e. The van der Waals surface area contributed by atoms with Crippen LogP contribution in [-0.2, 0) is 0 Å². The molecule has 0 aromatic heterocycles. The molecular weight excluding hydrogens is 324 g/mol. The number of halogens is 1. The van der Waals surface area contributed by atoms with Crippen molar-refractivity contribution in [2.24, 2.45) is 0 Å². The van der Waals surface area contributed by atoms with Gasteiger partial charge in [-0.1, -0.05) is 42.6 Å². The second-order valence-electron chi connectivity index (χ2n) is 4.26. The molecule has 2 amide bonds. The highest BCUT2D eigenvalue weighted by molar-refractivity contribution is 7.82. The van der Waals surface area contributed by atoms with Crippen molar-refractivity contribution in [1.82, 2.24) is 0 Å². The average molecular weight is 339 g/mol. The van der Waals surface area contributed by atoms with Crippen LogP contribution >= 0.6 is 24.4 Å². The standard InChI is InChI=1S/C15H15ClN2O3S/c1-20-13-9-14(21-2)12(8-11(13)16)17-15(19)18(22)10-6-4-3-5-7-10/h3-9,22H,1-2H3,(H,17,19). The summed E-state index contributed by atoms with van der Waals surface area (Å²) < 4.78 is 11.5. The molecule has 2 aromatic carbocycles. The number of urea groups is 1. The van der Waals surface area contributed by atoms with Gasteiger partial charge < -0.3 is 14.8 Å². The van der Waals surface area contributed by atoms with Crippen molar-refractivity contribution in [1.29, 1.82) is 0 Å². The van der Waals surface area contributed by atoms with E-state index in [2.05, 4.69) is 18.1 Å². The molecule has 0 heterocycles. The van der Waals surface area contributed by atoms with Gasteiger partial charge in [0.15, 0.2) is 0 Å². The summed E-state index contributed by atoms with van der Waals surface area (Å²) in [5.41, 5.74) is 1.06. The number of benzene rings is 2. The first kappa shape index (κ1) is 16.3. The first-order valence-electron chi connectivity index (χ1n) is 6.33. The highest BCUT2D eigenvalue weighted by Crippen LogP contribution is 2.36. The van der Waals surface area contributed by atoms with Crippen molar-refractivity contribution in [2.75, 3.05) is 23.8 Å². The lowest BCUT2D eigenvalue weighted by Crippen LogP contribution is -2.26. The van der Waals surface area contributed by atoms with Crippen LogP contribution < -0.4 is 19.1 Å². The smallest absolute Gasteiger partial charge is 0.336 e. The SMILES string of the molecule is COc1cc(OC)c(NC(=O)N(S)c2ccccc2)cc1Cl. The van der Waals surface area contributed by atoms with Crippen molar-refractivity contribution in [3.8, 4) is 11.5 Å². The molecule has 0 atom stereocenters. The lowest BCUT2D eigenvalue weighted by atomic mass is 10.2. The molecule has 0 aliphatic carbocycles. The highest BCUT2D eigenvalue weighted by Gasteiger charge is 2.16. The molecule has 2 rings (SSSR count). The van der Waals surface area contributed by atoms with Crippen LogP contribution in [0.25, 0.3) is 0 Å². The van der Waals surface area contributed by atoms with Gasteiger partial charge in [-0.15, -0.1) is 0 Å². The quantitative estimate of drug-likeness (QED) is 0.820. The maximum Gasteiger partial charge on any atom is 0.336 e. The van der Waals surface area contributed by atoms with E-state index in [1.807, 2.05) is 18.2 Å². The molecule has 0 radical (unpaired) electrons. The molecule has 5 nitrogen and oxygen atoms in total. The summed E-state index contributed by atoms with van der Waals surface area (Å²) in [5, 5.41) is 3.06. The number of amides is 2. The lowest BCUT2D eigenvalue weighted by Gasteiger charge is -2.18. The zero-order valence-corrected chi connectivity index (χ0v) is 13.7. The van der Waals surface area contributed by atoms with Crippen LogP contribution in [-0.4, -0.2) is 20.3 Å². The van der Waals surface area contributed by atoms with Gasteiger partial charge in [0.1, 0.15) is 11.5 Å². The second-order valence-corrected chi connectivity index (χ2v) is 5.07. The van der Waals surface area contributed by atoms with Gasteiger partial charge in [0, 0.05) is 6.07 Å². The minimum Gasteiger partial charge on any atom is -0.495 e. The molecule has 22 heavy (non-hydrogen) atoms. The van der Waals surface area contributed by atoms with Gasteiger partial charge in [-0.3, -0.25) is 0 Å². The minimum absolute atomic E-state index is 0.365. The van der Waals surface area contributed by atoms with E-state index in [-0.39, 0.29) is 0 Å². The highest BCUT2D eigenvalue weighted by atomic mass is 35.5. The minimum atomic E-state index is -0.436. The van der Waals surface area contributed by atoms with Crippen LogP contribution in [0.1, 0.15) is 0 Å². The Morgan fingerprint density at radius 2 is 1.77 bits per heavy atom. The van der Waals surface area contributed by atoms with E-state index >= 15 is 0 Å². The number of rotatable bonds is 4. The number of hydrogen-bond acceptors (Lipinski definition) is 4. The molecule has 2 aromatic rings. The molecule has 0 spiro atoms. The topological polar surface area (TPSA) is 50.8 Å². The number of methoxy groups -OCH3 is 2. The Bertz CT molecular complexity index is 667. The monoisotopic (exact) mass is 338 g/mol. The molecule has 0 saturated carbocycles. The van der Waals surface area contributed by atoms with Crippen LogP contribution in [0.4, 0.5) is 16.2 Å². The van der Waals surface area contributed by atoms with Gasteiger partial charge in [0.2, 0.25) is 0 Å². The number of carbonyl (C=O) groups is 1. The molecule has 1 N–H and O–H groups in total. The maximum atomic E-state index is 12.3. The molecular formula is C15H15ClN2O3S. The van der Waals surface area contributed by atoms with Crippen LogP contribution in [0.5, 0.6) is 11.5 Å². The van der Waals surface area contributed by atoms with E-state index in [1.165, 1.54) is 18.5 Å². The second kappa shape index (κ2) is 7.29. The predicted octanol–water partition coefficient (Wildman–Crippen LogP) is 4.24. The fourth-order valence-corrected chi connectivity index (χ4v) is 2.24.